The van der Waals surface area contributed by atoms with Gasteiger partial charge in [-0.15, -0.1) is 12.4 Å². The first-order valence-electron chi connectivity index (χ1n) is 9.58. The molecule has 8 nitrogen and oxygen atoms in total. The third-order valence-electron chi connectivity index (χ3n) is 5.11. The molecule has 0 unspecified atom stereocenters. The lowest BCUT2D eigenvalue weighted by atomic mass is 10.1. The zero-order valence-corrected chi connectivity index (χ0v) is 18.0. The van der Waals surface area contributed by atoms with Gasteiger partial charge in [0.1, 0.15) is 11.2 Å². The molecule has 0 bridgehead atoms. The Bertz CT molecular complexity index is 1120. The minimum absolute atomic E-state index is 0. The molecular weight excluding hydrogens is 427 g/mol. The molecule has 11 heteroatoms. The van der Waals surface area contributed by atoms with Crippen molar-refractivity contribution in [2.24, 2.45) is 0 Å². The van der Waals surface area contributed by atoms with Crippen molar-refractivity contribution in [3.63, 3.8) is 0 Å². The van der Waals surface area contributed by atoms with E-state index in [9.17, 15) is 4.39 Å². The Balaban J connectivity index is 0.00000218. The van der Waals surface area contributed by atoms with Gasteiger partial charge in [-0.25, -0.2) is 14.4 Å². The maximum atomic E-state index is 13.3. The summed E-state index contributed by atoms with van der Waals surface area (Å²) in [6, 6.07) is 2.03. The number of aromatic amines is 1. The highest BCUT2D eigenvalue weighted by atomic mass is 35.5. The number of nitrogens with one attached hydrogen (secondary N) is 2. The highest BCUT2D eigenvalue weighted by Crippen LogP contribution is 2.28. The van der Waals surface area contributed by atoms with Crippen molar-refractivity contribution in [2.45, 2.75) is 32.5 Å². The summed E-state index contributed by atoms with van der Waals surface area (Å²) in [4.78, 5) is 11.4. The molecule has 4 aromatic heterocycles. The number of hydrogen-bond donors (Lipinski definition) is 2. The zero-order valence-electron chi connectivity index (χ0n) is 16.4. The van der Waals surface area contributed by atoms with E-state index in [0.717, 1.165) is 52.9 Å². The summed E-state index contributed by atoms with van der Waals surface area (Å²) < 4.78 is 19.9. The fourth-order valence-corrected chi connectivity index (χ4v) is 4.30. The largest absolute Gasteiger partial charge is 0.328 e. The zero-order chi connectivity index (χ0) is 19.8. The number of H-pyrrole nitrogens is 1. The van der Waals surface area contributed by atoms with Gasteiger partial charge in [0, 0.05) is 37.6 Å². The summed E-state index contributed by atoms with van der Waals surface area (Å²) >= 11 is 1.40. The Morgan fingerprint density at radius 3 is 2.90 bits per heavy atom. The second-order valence-electron chi connectivity index (χ2n) is 7.31. The first-order chi connectivity index (χ1) is 14.2. The number of likely N-dealkylation sites (tertiary alicyclic amines) is 1. The third-order valence-corrected chi connectivity index (χ3v) is 5.85. The van der Waals surface area contributed by atoms with Crippen LogP contribution in [-0.4, -0.2) is 53.1 Å². The van der Waals surface area contributed by atoms with Gasteiger partial charge in [0.15, 0.2) is 11.5 Å². The molecule has 0 atom stereocenters. The molecule has 4 aromatic rings. The molecule has 158 valence electrons. The van der Waals surface area contributed by atoms with Crippen LogP contribution < -0.4 is 5.32 Å². The Morgan fingerprint density at radius 2 is 2.13 bits per heavy atom. The average Bonchev–Trinajstić information content (AvgIpc) is 3.44. The highest BCUT2D eigenvalue weighted by Gasteiger charge is 2.19. The van der Waals surface area contributed by atoms with Gasteiger partial charge in [0.2, 0.25) is 0 Å². The maximum Gasteiger partial charge on any atom is 0.180 e. The molecule has 0 saturated carbocycles. The normalized spacial score (nSPS) is 15.4. The predicted molar refractivity (Wildman–Crippen MR) is 117 cm³/mol. The summed E-state index contributed by atoms with van der Waals surface area (Å²) in [5.41, 5.74) is 4.52. The summed E-state index contributed by atoms with van der Waals surface area (Å²) in [7, 11) is 0. The predicted octanol–water partition coefficient (Wildman–Crippen LogP) is 3.98. The van der Waals surface area contributed by atoms with Gasteiger partial charge >= 0.3 is 0 Å². The number of anilines is 2. The van der Waals surface area contributed by atoms with E-state index in [1.165, 1.54) is 11.5 Å². The van der Waals surface area contributed by atoms with Gasteiger partial charge in [0.05, 0.1) is 29.5 Å². The lowest BCUT2D eigenvalue weighted by molar-refractivity contribution is 0.144. The molecule has 0 radical (unpaired) electrons. The number of fused-ring (bicyclic) bond motifs is 1. The SMILES string of the molecule is Cc1cn2c(-c3cn[nH]c3)cnc2c(Nc2cc(CN3CCC(F)CC3)ns2)n1.Cl. The molecule has 5 rings (SSSR count). The molecule has 1 aliphatic rings. The van der Waals surface area contributed by atoms with E-state index in [0.29, 0.717) is 18.7 Å². The van der Waals surface area contributed by atoms with Crippen LogP contribution in [0.3, 0.4) is 0 Å². The lowest BCUT2D eigenvalue weighted by Gasteiger charge is -2.27. The van der Waals surface area contributed by atoms with Crippen molar-refractivity contribution in [1.82, 2.24) is 33.8 Å². The van der Waals surface area contributed by atoms with Gasteiger partial charge < -0.3 is 5.32 Å². The number of piperidine rings is 1. The number of aryl methyl sites for hydroxylation is 1. The standard InChI is InChI=1S/C19H21FN8S.ClH/c1-12-10-28-16(13-7-22-23-8-13)9-21-19(28)18(24-12)25-17-6-15(26-29-17)11-27-4-2-14(20)3-5-27;/h6-10,14H,2-5,11H2,1H3,(H,22,23)(H,24,25);1H. The van der Waals surface area contributed by atoms with E-state index >= 15 is 0 Å². The fourth-order valence-electron chi connectivity index (χ4n) is 3.65. The average molecular weight is 449 g/mol. The Kier molecular flexibility index (Phi) is 5.98. The molecule has 0 aromatic carbocycles. The van der Waals surface area contributed by atoms with E-state index < -0.39 is 6.17 Å². The van der Waals surface area contributed by atoms with Crippen LogP contribution >= 0.6 is 23.9 Å². The molecule has 2 N–H and O–H groups in total. The maximum absolute atomic E-state index is 13.3. The molecule has 1 fully saturated rings. The van der Waals surface area contributed by atoms with Gasteiger partial charge in [-0.05, 0) is 37.4 Å². The van der Waals surface area contributed by atoms with Crippen molar-refractivity contribution in [1.29, 1.82) is 0 Å². The van der Waals surface area contributed by atoms with E-state index in [4.69, 9.17) is 0 Å². The molecule has 1 saturated heterocycles. The van der Waals surface area contributed by atoms with Crippen LogP contribution in [0.5, 0.6) is 0 Å². The molecule has 5 heterocycles. The monoisotopic (exact) mass is 448 g/mol. The quantitative estimate of drug-likeness (QED) is 0.480. The summed E-state index contributed by atoms with van der Waals surface area (Å²) in [5, 5.41) is 11.1. The first kappa shape index (κ1) is 20.7. The van der Waals surface area contributed by atoms with Gasteiger partial charge in [-0.2, -0.15) is 9.47 Å². The van der Waals surface area contributed by atoms with Crippen molar-refractivity contribution >= 4 is 40.4 Å². The van der Waals surface area contributed by atoms with Crippen molar-refractivity contribution in [3.8, 4) is 11.3 Å². The lowest BCUT2D eigenvalue weighted by Crippen LogP contribution is -2.33. The summed E-state index contributed by atoms with van der Waals surface area (Å²) in [6.45, 7) is 4.27. The first-order valence-corrected chi connectivity index (χ1v) is 10.4. The second-order valence-corrected chi connectivity index (χ2v) is 8.12. The van der Waals surface area contributed by atoms with Crippen LogP contribution in [0.15, 0.2) is 30.9 Å². The highest BCUT2D eigenvalue weighted by molar-refractivity contribution is 7.10. The number of imidazole rings is 1. The fraction of sp³-hybridized carbons (Fsp3) is 0.368. The van der Waals surface area contributed by atoms with Gasteiger partial charge in [-0.1, -0.05) is 0 Å². The van der Waals surface area contributed by atoms with Crippen LogP contribution in [-0.2, 0) is 6.54 Å². The Labute approximate surface area is 183 Å². The number of nitrogens with zero attached hydrogens (tertiary/aromatic N) is 6. The van der Waals surface area contributed by atoms with Crippen molar-refractivity contribution < 1.29 is 4.39 Å². The van der Waals surface area contributed by atoms with Crippen LogP contribution in [0.2, 0.25) is 0 Å². The van der Waals surface area contributed by atoms with Crippen molar-refractivity contribution in [2.75, 3.05) is 18.4 Å². The number of aromatic nitrogens is 6. The van der Waals surface area contributed by atoms with E-state index in [1.54, 1.807) is 6.20 Å². The number of rotatable bonds is 5. The third kappa shape index (κ3) is 4.16. The number of halogens is 2. The van der Waals surface area contributed by atoms with Crippen LogP contribution in [0, 0.1) is 6.92 Å². The van der Waals surface area contributed by atoms with Crippen LogP contribution in [0.25, 0.3) is 16.9 Å². The molecular formula is C19H22ClFN8S. The molecule has 0 amide bonds. The summed E-state index contributed by atoms with van der Waals surface area (Å²) in [6.07, 6.45) is 7.96. The van der Waals surface area contributed by atoms with Gasteiger partial charge in [-0.3, -0.25) is 14.4 Å². The van der Waals surface area contributed by atoms with Crippen molar-refractivity contribution in [3.05, 3.63) is 42.2 Å². The van der Waals surface area contributed by atoms with Crippen LogP contribution in [0.1, 0.15) is 24.2 Å². The minimum atomic E-state index is -0.657. The molecule has 1 aliphatic heterocycles. The Morgan fingerprint density at radius 1 is 1.30 bits per heavy atom. The van der Waals surface area contributed by atoms with E-state index in [-0.39, 0.29) is 12.4 Å². The summed E-state index contributed by atoms with van der Waals surface area (Å²) in [5.74, 6) is 0.688. The molecule has 30 heavy (non-hydrogen) atoms. The smallest absolute Gasteiger partial charge is 0.180 e. The molecule has 0 spiro atoms. The number of hydrogen-bond acceptors (Lipinski definition) is 7. The van der Waals surface area contributed by atoms with E-state index in [2.05, 4.69) is 34.8 Å². The van der Waals surface area contributed by atoms with E-state index in [1.807, 2.05) is 36.0 Å². The topological polar surface area (TPSA) is 87.0 Å². The Hall–Kier alpha value is -2.56. The van der Waals surface area contributed by atoms with Gasteiger partial charge in [0.25, 0.3) is 0 Å². The van der Waals surface area contributed by atoms with Crippen LogP contribution in [0.4, 0.5) is 15.2 Å². The number of alkyl halides is 1. The molecule has 0 aliphatic carbocycles. The second kappa shape index (κ2) is 8.66. The minimum Gasteiger partial charge on any atom is -0.328 e.